The van der Waals surface area contributed by atoms with Gasteiger partial charge in [0.25, 0.3) is 0 Å². The van der Waals surface area contributed by atoms with Crippen molar-refractivity contribution in [3.63, 3.8) is 0 Å². The van der Waals surface area contributed by atoms with Crippen molar-refractivity contribution < 1.29 is 5.11 Å². The number of aromatic nitrogens is 2. The Morgan fingerprint density at radius 1 is 1.16 bits per heavy atom. The molecule has 3 rings (SSSR count). The molecule has 94 valence electrons. The van der Waals surface area contributed by atoms with Crippen LogP contribution in [-0.2, 0) is 0 Å². The first-order chi connectivity index (χ1) is 9.31. The molecule has 0 unspecified atom stereocenters. The Hall–Kier alpha value is -2.82. The maximum Gasteiger partial charge on any atom is 0.222 e. The number of aromatic amines is 1. The Morgan fingerprint density at radius 2 is 2.05 bits per heavy atom. The predicted octanol–water partition coefficient (Wildman–Crippen LogP) is 2.71. The summed E-state index contributed by atoms with van der Waals surface area (Å²) in [6.45, 7) is 0. The summed E-state index contributed by atoms with van der Waals surface area (Å²) < 4.78 is 0. The smallest absolute Gasteiger partial charge is 0.222 e. The third-order valence-electron chi connectivity index (χ3n) is 2.64. The van der Waals surface area contributed by atoms with E-state index in [1.54, 1.807) is 24.4 Å². The summed E-state index contributed by atoms with van der Waals surface area (Å²) in [5.74, 6) is 0.797. The van der Waals surface area contributed by atoms with E-state index in [0.717, 1.165) is 16.6 Å². The normalized spacial score (nSPS) is 11.2. The molecule has 0 aliphatic carbocycles. The summed E-state index contributed by atoms with van der Waals surface area (Å²) in [5, 5.41) is 13.4. The molecule has 1 heterocycles. The van der Waals surface area contributed by atoms with Gasteiger partial charge < -0.3 is 10.1 Å². The molecule has 0 spiro atoms. The Labute approximate surface area is 109 Å². The van der Waals surface area contributed by atoms with Crippen molar-refractivity contribution >= 4 is 23.2 Å². The minimum Gasteiger partial charge on any atom is -0.508 e. The van der Waals surface area contributed by atoms with Gasteiger partial charge in [0.05, 0.1) is 17.2 Å². The van der Waals surface area contributed by atoms with Crippen LogP contribution >= 0.6 is 0 Å². The number of rotatable bonds is 3. The van der Waals surface area contributed by atoms with Gasteiger partial charge in [0, 0.05) is 0 Å². The van der Waals surface area contributed by atoms with Crippen molar-refractivity contribution in [3.8, 4) is 5.75 Å². The van der Waals surface area contributed by atoms with Crippen LogP contribution in [0.25, 0.3) is 11.0 Å². The lowest BCUT2D eigenvalue weighted by Gasteiger charge is -1.95. The number of phenols is 1. The first kappa shape index (κ1) is 11.3. The third-order valence-corrected chi connectivity index (χ3v) is 2.64. The molecule has 0 saturated heterocycles. The summed E-state index contributed by atoms with van der Waals surface area (Å²) in [6.07, 6.45) is 1.62. The average Bonchev–Trinajstić information content (AvgIpc) is 2.81. The molecule has 3 N–H and O–H groups in total. The van der Waals surface area contributed by atoms with Crippen LogP contribution in [0.3, 0.4) is 0 Å². The number of imidazole rings is 1. The molecule has 0 radical (unpaired) electrons. The van der Waals surface area contributed by atoms with Crippen LogP contribution in [-0.4, -0.2) is 21.3 Å². The Morgan fingerprint density at radius 3 is 2.89 bits per heavy atom. The number of hydrogen-bond donors (Lipinski definition) is 3. The number of hydrogen-bond acceptors (Lipinski definition) is 4. The molecular weight excluding hydrogens is 240 g/mol. The quantitative estimate of drug-likeness (QED) is 0.495. The van der Waals surface area contributed by atoms with E-state index in [-0.39, 0.29) is 5.75 Å². The largest absolute Gasteiger partial charge is 0.508 e. The number of phenolic OH excluding ortho intramolecular Hbond substituents is 1. The number of aromatic hydroxyl groups is 1. The van der Waals surface area contributed by atoms with Crippen LogP contribution in [0.15, 0.2) is 53.6 Å². The molecular formula is C14H12N4O. The molecule has 0 saturated carbocycles. The van der Waals surface area contributed by atoms with Crippen molar-refractivity contribution in [1.82, 2.24) is 9.97 Å². The van der Waals surface area contributed by atoms with E-state index in [0.29, 0.717) is 5.95 Å². The fourth-order valence-electron chi connectivity index (χ4n) is 1.78. The second-order valence-electron chi connectivity index (χ2n) is 4.07. The van der Waals surface area contributed by atoms with Crippen LogP contribution in [0.2, 0.25) is 0 Å². The highest BCUT2D eigenvalue weighted by atomic mass is 16.3. The highest BCUT2D eigenvalue weighted by Gasteiger charge is 1.99. The molecule has 2 aromatic carbocycles. The zero-order valence-corrected chi connectivity index (χ0v) is 10.0. The number of H-pyrrole nitrogens is 1. The van der Waals surface area contributed by atoms with E-state index in [4.69, 9.17) is 0 Å². The monoisotopic (exact) mass is 252 g/mol. The fourth-order valence-corrected chi connectivity index (χ4v) is 1.78. The van der Waals surface area contributed by atoms with E-state index in [9.17, 15) is 5.11 Å². The lowest BCUT2D eigenvalue weighted by atomic mass is 10.2. The van der Waals surface area contributed by atoms with Gasteiger partial charge in [-0.2, -0.15) is 5.10 Å². The molecule has 5 nitrogen and oxygen atoms in total. The Balaban J connectivity index is 1.75. The first-order valence-electron chi connectivity index (χ1n) is 5.84. The van der Waals surface area contributed by atoms with Crippen molar-refractivity contribution in [1.29, 1.82) is 0 Å². The molecule has 1 aromatic heterocycles. The molecule has 0 fully saturated rings. The van der Waals surface area contributed by atoms with Crippen molar-refractivity contribution in [2.75, 3.05) is 5.43 Å². The van der Waals surface area contributed by atoms with Crippen LogP contribution < -0.4 is 5.43 Å². The highest BCUT2D eigenvalue weighted by Crippen LogP contribution is 2.13. The number of nitrogens with zero attached hydrogens (tertiary/aromatic N) is 2. The van der Waals surface area contributed by atoms with Crippen molar-refractivity contribution in [2.24, 2.45) is 5.10 Å². The van der Waals surface area contributed by atoms with E-state index < -0.39 is 0 Å². The molecule has 19 heavy (non-hydrogen) atoms. The highest BCUT2D eigenvalue weighted by molar-refractivity contribution is 5.81. The number of fused-ring (bicyclic) bond motifs is 1. The summed E-state index contributed by atoms with van der Waals surface area (Å²) in [5.41, 5.74) is 5.47. The number of benzene rings is 2. The van der Waals surface area contributed by atoms with Gasteiger partial charge >= 0.3 is 0 Å². The van der Waals surface area contributed by atoms with Crippen LogP contribution in [0.1, 0.15) is 5.56 Å². The predicted molar refractivity (Wildman–Crippen MR) is 75.4 cm³/mol. The molecule has 0 bridgehead atoms. The maximum atomic E-state index is 9.32. The zero-order chi connectivity index (χ0) is 13.1. The first-order valence-corrected chi connectivity index (χ1v) is 5.84. The summed E-state index contributed by atoms with van der Waals surface area (Å²) >= 11 is 0. The van der Waals surface area contributed by atoms with Gasteiger partial charge in [-0.3, -0.25) is 0 Å². The summed E-state index contributed by atoms with van der Waals surface area (Å²) in [6, 6.07) is 14.6. The van der Waals surface area contributed by atoms with Gasteiger partial charge in [-0.05, 0) is 29.8 Å². The number of para-hydroxylation sites is 2. The minimum absolute atomic E-state index is 0.215. The molecule has 3 aromatic rings. The zero-order valence-electron chi connectivity index (χ0n) is 10.0. The van der Waals surface area contributed by atoms with E-state index in [2.05, 4.69) is 20.5 Å². The van der Waals surface area contributed by atoms with E-state index in [1.165, 1.54) is 0 Å². The second-order valence-corrected chi connectivity index (χ2v) is 4.07. The second kappa shape index (κ2) is 4.81. The molecule has 0 aliphatic heterocycles. The number of nitrogens with one attached hydrogen (secondary N) is 2. The summed E-state index contributed by atoms with van der Waals surface area (Å²) in [7, 11) is 0. The van der Waals surface area contributed by atoms with Gasteiger partial charge in [-0.1, -0.05) is 24.3 Å². The number of anilines is 1. The lowest BCUT2D eigenvalue weighted by molar-refractivity contribution is 0.475. The topological polar surface area (TPSA) is 73.3 Å². The van der Waals surface area contributed by atoms with Gasteiger partial charge in [-0.25, -0.2) is 10.4 Å². The van der Waals surface area contributed by atoms with E-state index >= 15 is 0 Å². The van der Waals surface area contributed by atoms with Crippen molar-refractivity contribution in [2.45, 2.75) is 0 Å². The lowest BCUT2D eigenvalue weighted by Crippen LogP contribution is -1.92. The molecule has 5 heteroatoms. The van der Waals surface area contributed by atoms with Gasteiger partial charge in [0.15, 0.2) is 0 Å². The molecule has 0 amide bonds. The molecule has 0 atom stereocenters. The van der Waals surface area contributed by atoms with Gasteiger partial charge in [0.2, 0.25) is 5.95 Å². The summed E-state index contributed by atoms with van der Waals surface area (Å²) in [4.78, 5) is 7.44. The van der Waals surface area contributed by atoms with E-state index in [1.807, 2.05) is 30.3 Å². The van der Waals surface area contributed by atoms with Gasteiger partial charge in [0.1, 0.15) is 5.75 Å². The minimum atomic E-state index is 0.215. The third kappa shape index (κ3) is 2.55. The van der Waals surface area contributed by atoms with Crippen LogP contribution in [0, 0.1) is 0 Å². The Kier molecular flexibility index (Phi) is 2.86. The Bertz CT molecular complexity index is 700. The van der Waals surface area contributed by atoms with Crippen LogP contribution in [0.5, 0.6) is 5.75 Å². The fraction of sp³-hybridized carbons (Fsp3) is 0. The maximum absolute atomic E-state index is 9.32. The van der Waals surface area contributed by atoms with Gasteiger partial charge in [-0.15, -0.1) is 0 Å². The number of hydrazone groups is 1. The van der Waals surface area contributed by atoms with Crippen LogP contribution in [0.4, 0.5) is 5.95 Å². The average molecular weight is 252 g/mol. The SMILES string of the molecule is Oc1cccc(/C=N\Nc2nc3ccccc3[nH]2)c1. The standard InChI is InChI=1S/C14H12N4O/c19-11-5-3-4-10(8-11)9-15-18-14-16-12-6-1-2-7-13(12)17-14/h1-9,19H,(H2,16,17,18)/b15-9-. The van der Waals surface area contributed by atoms with Crippen molar-refractivity contribution in [3.05, 3.63) is 54.1 Å². The molecule has 0 aliphatic rings.